The summed E-state index contributed by atoms with van der Waals surface area (Å²) in [6, 6.07) is 3.98. The number of H-pyrrole nitrogens is 1. The number of hydrogen-bond acceptors (Lipinski definition) is 8. The quantitative estimate of drug-likeness (QED) is 0.321. The minimum atomic E-state index is 0.588. The number of methoxy groups -OCH3 is 1. The molecule has 0 aliphatic carbocycles. The number of likely N-dealkylation sites (tertiary alicyclic amines) is 1. The van der Waals surface area contributed by atoms with Crippen LogP contribution in [0.4, 0.5) is 5.82 Å². The molecule has 37 heavy (non-hydrogen) atoms. The van der Waals surface area contributed by atoms with Gasteiger partial charge in [-0.1, -0.05) is 6.42 Å². The van der Waals surface area contributed by atoms with Gasteiger partial charge in [0.05, 0.1) is 25.8 Å². The molecule has 3 aromatic rings. The fraction of sp³-hybridized carbons (Fsp3) is 0.538. The number of anilines is 1. The van der Waals surface area contributed by atoms with Crippen molar-refractivity contribution in [3.05, 3.63) is 36.7 Å². The highest BCUT2D eigenvalue weighted by Crippen LogP contribution is 2.35. The second-order valence-corrected chi connectivity index (χ2v) is 9.88. The minimum absolute atomic E-state index is 0.588. The number of benzene rings is 1. The fourth-order valence-electron chi connectivity index (χ4n) is 5.02. The Morgan fingerprint density at radius 1 is 1.03 bits per heavy atom. The molecule has 11 heteroatoms. The molecule has 2 aromatic heterocycles. The average Bonchev–Trinajstić information content (AvgIpc) is 3.48. The molecule has 2 fully saturated rings. The summed E-state index contributed by atoms with van der Waals surface area (Å²) in [5.41, 5.74) is 0.856. The van der Waals surface area contributed by atoms with Crippen LogP contribution in [0.15, 0.2) is 30.9 Å². The molecule has 2 N–H and O–H groups in total. The fourth-order valence-corrected chi connectivity index (χ4v) is 5.27. The van der Waals surface area contributed by atoms with Gasteiger partial charge in [-0.2, -0.15) is 0 Å². The number of thiocarbonyl (C=S) groups is 1. The normalized spacial score (nSPS) is 16.7. The molecular weight excluding hydrogens is 488 g/mol. The van der Waals surface area contributed by atoms with Crippen LogP contribution in [0, 0.1) is 0 Å². The number of rotatable bonds is 9. The lowest BCUT2D eigenvalue weighted by atomic mass is 10.1. The number of nitrogens with zero attached hydrogens (tertiary/aromatic N) is 6. The van der Waals surface area contributed by atoms with Crippen molar-refractivity contribution in [2.75, 3.05) is 64.4 Å². The van der Waals surface area contributed by atoms with Crippen LogP contribution in [-0.4, -0.2) is 94.4 Å². The molecule has 5 rings (SSSR count). The Bertz CT molecular complexity index is 1160. The first-order valence-electron chi connectivity index (χ1n) is 13.1. The summed E-state index contributed by atoms with van der Waals surface area (Å²) in [6.45, 7) is 7.99. The van der Waals surface area contributed by atoms with E-state index >= 15 is 0 Å². The number of piperazine rings is 1. The van der Waals surface area contributed by atoms with E-state index in [1.165, 1.54) is 32.4 Å². The van der Waals surface area contributed by atoms with E-state index in [1.54, 1.807) is 19.6 Å². The number of ether oxygens (including phenoxy) is 2. The lowest BCUT2D eigenvalue weighted by Crippen LogP contribution is -2.51. The number of aromatic amines is 1. The van der Waals surface area contributed by atoms with Crippen molar-refractivity contribution >= 4 is 34.1 Å². The van der Waals surface area contributed by atoms with Crippen molar-refractivity contribution in [1.29, 1.82) is 0 Å². The van der Waals surface area contributed by atoms with Gasteiger partial charge in [0.1, 0.15) is 18.0 Å². The maximum atomic E-state index is 6.14. The van der Waals surface area contributed by atoms with Crippen molar-refractivity contribution in [3.63, 3.8) is 0 Å². The largest absolute Gasteiger partial charge is 0.493 e. The molecule has 0 saturated carbocycles. The molecule has 0 radical (unpaired) electrons. The molecule has 0 unspecified atom stereocenters. The van der Waals surface area contributed by atoms with Crippen LogP contribution in [0.5, 0.6) is 11.5 Å². The van der Waals surface area contributed by atoms with E-state index in [0.717, 1.165) is 72.6 Å². The maximum Gasteiger partial charge on any atom is 0.169 e. The topological polar surface area (TPSA) is 94.7 Å². The van der Waals surface area contributed by atoms with Crippen molar-refractivity contribution in [2.24, 2.45) is 0 Å². The highest BCUT2D eigenvalue weighted by atomic mass is 32.1. The highest BCUT2D eigenvalue weighted by Gasteiger charge is 2.22. The predicted molar refractivity (Wildman–Crippen MR) is 148 cm³/mol. The van der Waals surface area contributed by atoms with Crippen LogP contribution >= 0.6 is 12.2 Å². The van der Waals surface area contributed by atoms with E-state index < -0.39 is 0 Å². The van der Waals surface area contributed by atoms with Gasteiger partial charge in [-0.15, -0.1) is 0 Å². The van der Waals surface area contributed by atoms with Gasteiger partial charge in [0.25, 0.3) is 0 Å². The summed E-state index contributed by atoms with van der Waals surface area (Å²) in [5, 5.41) is 4.99. The molecule has 2 saturated heterocycles. The average molecular weight is 525 g/mol. The Morgan fingerprint density at radius 2 is 1.86 bits per heavy atom. The summed E-state index contributed by atoms with van der Waals surface area (Å²) in [7, 11) is 1.68. The summed E-state index contributed by atoms with van der Waals surface area (Å²) in [5.74, 6) is 3.22. The summed E-state index contributed by atoms with van der Waals surface area (Å²) in [4.78, 5) is 23.5. The Labute approximate surface area is 223 Å². The molecule has 2 aliphatic heterocycles. The van der Waals surface area contributed by atoms with Crippen molar-refractivity contribution < 1.29 is 9.47 Å². The van der Waals surface area contributed by atoms with Crippen LogP contribution in [0.3, 0.4) is 0 Å². The number of aromatic nitrogens is 4. The molecule has 0 spiro atoms. The maximum absolute atomic E-state index is 6.14. The Morgan fingerprint density at radius 3 is 2.62 bits per heavy atom. The molecule has 2 aliphatic rings. The molecule has 0 bridgehead atoms. The van der Waals surface area contributed by atoms with Gasteiger partial charge in [0.2, 0.25) is 0 Å². The van der Waals surface area contributed by atoms with Gasteiger partial charge >= 0.3 is 0 Å². The first-order valence-corrected chi connectivity index (χ1v) is 13.6. The monoisotopic (exact) mass is 524 g/mol. The second kappa shape index (κ2) is 12.4. The third kappa shape index (κ3) is 6.40. The number of piperidine rings is 1. The number of imidazole rings is 1. The van der Waals surface area contributed by atoms with Crippen molar-refractivity contribution in [1.82, 2.24) is 35.1 Å². The van der Waals surface area contributed by atoms with Gasteiger partial charge in [-0.05, 0) is 50.6 Å². The van der Waals surface area contributed by atoms with E-state index in [1.807, 2.05) is 18.3 Å². The van der Waals surface area contributed by atoms with Crippen LogP contribution in [-0.2, 0) is 6.54 Å². The van der Waals surface area contributed by atoms with Gasteiger partial charge in [-0.25, -0.2) is 15.0 Å². The van der Waals surface area contributed by atoms with Crippen LogP contribution < -0.4 is 19.7 Å². The molecule has 10 nitrogen and oxygen atoms in total. The Balaban J connectivity index is 1.19. The third-order valence-corrected chi connectivity index (χ3v) is 7.46. The number of hydrogen-bond donors (Lipinski definition) is 2. The zero-order valence-corrected chi connectivity index (χ0v) is 22.3. The number of fused-ring (bicyclic) bond motifs is 1. The smallest absolute Gasteiger partial charge is 0.169 e. The first-order chi connectivity index (χ1) is 18.2. The predicted octanol–water partition coefficient (Wildman–Crippen LogP) is 2.81. The first kappa shape index (κ1) is 25.5. The molecule has 0 amide bonds. The van der Waals surface area contributed by atoms with Crippen LogP contribution in [0.2, 0.25) is 0 Å². The van der Waals surface area contributed by atoms with Gasteiger partial charge in [-0.3, -0.25) is 0 Å². The Hall–Kier alpha value is -3.18. The van der Waals surface area contributed by atoms with Gasteiger partial charge in [0, 0.05) is 56.6 Å². The summed E-state index contributed by atoms with van der Waals surface area (Å²) < 4.78 is 11.8. The van der Waals surface area contributed by atoms with E-state index in [4.69, 9.17) is 21.7 Å². The summed E-state index contributed by atoms with van der Waals surface area (Å²) >= 11 is 5.60. The lowest BCUT2D eigenvalue weighted by Gasteiger charge is -2.37. The highest BCUT2D eigenvalue weighted by molar-refractivity contribution is 7.80. The zero-order valence-electron chi connectivity index (χ0n) is 21.5. The molecule has 198 valence electrons. The van der Waals surface area contributed by atoms with E-state index in [9.17, 15) is 0 Å². The summed E-state index contributed by atoms with van der Waals surface area (Å²) in [6.07, 6.45) is 10.2. The van der Waals surface area contributed by atoms with Crippen molar-refractivity contribution in [3.8, 4) is 11.5 Å². The SMILES string of the molecule is COc1cc2c(N3CCN(C(=S)NCc4ncc[nH]4)CC3)ncnc2cc1OCCCN1CCCCC1. The van der Waals surface area contributed by atoms with Crippen molar-refractivity contribution in [2.45, 2.75) is 32.2 Å². The zero-order chi connectivity index (χ0) is 25.5. The minimum Gasteiger partial charge on any atom is -0.493 e. The molecular formula is C26H36N8O2S. The van der Waals surface area contributed by atoms with Crippen LogP contribution in [0.25, 0.3) is 10.9 Å². The standard InChI is InChI=1S/C26H36N8O2S/c1-35-22-16-20-21(17-23(22)36-15-5-10-32-8-3-2-4-9-32)30-19-31-25(20)33-11-13-34(14-12-33)26(37)29-18-24-27-6-7-28-24/h6-7,16-17,19H,2-5,8-15,18H2,1H3,(H,27,28)(H,29,37). The van der Waals surface area contributed by atoms with E-state index in [2.05, 4.69) is 40.0 Å². The Kier molecular flexibility index (Phi) is 8.52. The van der Waals surface area contributed by atoms with E-state index in [0.29, 0.717) is 18.9 Å². The van der Waals surface area contributed by atoms with Crippen LogP contribution in [0.1, 0.15) is 31.5 Å². The van der Waals surface area contributed by atoms with Gasteiger partial charge in [0.15, 0.2) is 16.6 Å². The van der Waals surface area contributed by atoms with Gasteiger partial charge < -0.3 is 34.5 Å². The lowest BCUT2D eigenvalue weighted by molar-refractivity contribution is 0.203. The van der Waals surface area contributed by atoms with E-state index in [-0.39, 0.29) is 0 Å². The molecule has 1 aromatic carbocycles. The second-order valence-electron chi connectivity index (χ2n) is 9.49. The third-order valence-electron chi connectivity index (χ3n) is 7.05. The number of nitrogens with one attached hydrogen (secondary N) is 2. The molecule has 0 atom stereocenters. The molecule has 4 heterocycles.